The van der Waals surface area contributed by atoms with Crippen LogP contribution in [0.4, 0.5) is 5.69 Å². The molecule has 2 heterocycles. The molecule has 2 aromatic carbocycles. The molecule has 1 aliphatic heterocycles. The zero-order valence-electron chi connectivity index (χ0n) is 15.9. The molecule has 0 bridgehead atoms. The lowest BCUT2D eigenvalue weighted by atomic mass is 10.2. The Hall–Kier alpha value is -2.84. The number of hydrogen-bond donors (Lipinski definition) is 1. The van der Waals surface area contributed by atoms with E-state index in [1.54, 1.807) is 7.11 Å². The minimum Gasteiger partial charge on any atom is -0.495 e. The van der Waals surface area contributed by atoms with Gasteiger partial charge < -0.3 is 19.6 Å². The van der Waals surface area contributed by atoms with Crippen molar-refractivity contribution in [2.75, 3.05) is 51.3 Å². The van der Waals surface area contributed by atoms with Crippen LogP contribution in [-0.4, -0.2) is 77.7 Å². The fourth-order valence-electron chi connectivity index (χ4n) is 3.51. The molecule has 8 heteroatoms. The van der Waals surface area contributed by atoms with Crippen LogP contribution in [0.3, 0.4) is 0 Å². The highest BCUT2D eigenvalue weighted by Gasteiger charge is 2.21. The number of hydrogen-bond acceptors (Lipinski definition) is 7. The van der Waals surface area contributed by atoms with E-state index in [1.807, 2.05) is 42.5 Å². The van der Waals surface area contributed by atoms with Gasteiger partial charge in [-0.3, -0.25) is 4.90 Å². The minimum absolute atomic E-state index is 0.167. The molecule has 1 unspecified atom stereocenters. The second-order valence-electron chi connectivity index (χ2n) is 6.86. The van der Waals surface area contributed by atoms with Gasteiger partial charge in [-0.25, -0.2) is 0 Å². The van der Waals surface area contributed by atoms with Crippen molar-refractivity contribution in [3.63, 3.8) is 0 Å². The molecule has 4 rings (SSSR count). The van der Waals surface area contributed by atoms with Gasteiger partial charge >= 0.3 is 0 Å². The number of para-hydroxylation sites is 3. The summed E-state index contributed by atoms with van der Waals surface area (Å²) in [5, 5.41) is 18.4. The SMILES string of the molecule is COc1ccccc1N1CCN(CC(O)COn2nnc3ccccc32)CC1. The molecule has 0 aliphatic carbocycles. The number of methoxy groups -OCH3 is 1. The summed E-state index contributed by atoms with van der Waals surface area (Å²) in [6.45, 7) is 4.26. The summed E-state index contributed by atoms with van der Waals surface area (Å²) in [6.07, 6.45) is -0.597. The van der Waals surface area contributed by atoms with Crippen molar-refractivity contribution < 1.29 is 14.7 Å². The number of ether oxygens (including phenoxy) is 1. The quantitative estimate of drug-likeness (QED) is 0.654. The number of β-amino-alcohol motifs (C(OH)–C–C–N with tert-alkyl or cyclic N) is 1. The highest BCUT2D eigenvalue weighted by Crippen LogP contribution is 2.28. The standard InChI is InChI=1S/C20H25N5O3/c1-27-20-9-5-4-8-19(20)24-12-10-23(11-13-24)14-16(26)15-28-25-18-7-3-2-6-17(18)21-22-25/h2-9,16,26H,10-15H2,1H3. The molecule has 0 radical (unpaired) electrons. The number of rotatable bonds is 7. The summed E-state index contributed by atoms with van der Waals surface area (Å²) in [7, 11) is 1.70. The summed E-state index contributed by atoms with van der Waals surface area (Å²) in [5.74, 6) is 0.893. The van der Waals surface area contributed by atoms with Crippen molar-refractivity contribution in [3.8, 4) is 5.75 Å². The Bertz CT molecular complexity index is 908. The molecule has 1 saturated heterocycles. The fourth-order valence-corrected chi connectivity index (χ4v) is 3.51. The monoisotopic (exact) mass is 383 g/mol. The van der Waals surface area contributed by atoms with Gasteiger partial charge in [0.25, 0.3) is 0 Å². The maximum absolute atomic E-state index is 10.4. The topological polar surface area (TPSA) is 75.9 Å². The van der Waals surface area contributed by atoms with E-state index in [0.717, 1.165) is 48.6 Å². The van der Waals surface area contributed by atoms with Crippen molar-refractivity contribution in [3.05, 3.63) is 48.5 Å². The third-order valence-electron chi connectivity index (χ3n) is 4.98. The predicted molar refractivity (Wildman–Crippen MR) is 107 cm³/mol. The molecule has 148 valence electrons. The number of aromatic nitrogens is 3. The third kappa shape index (κ3) is 4.02. The number of piperazine rings is 1. The molecule has 1 fully saturated rings. The number of aliphatic hydroxyl groups is 1. The van der Waals surface area contributed by atoms with Crippen molar-refractivity contribution >= 4 is 16.7 Å². The van der Waals surface area contributed by atoms with Crippen LogP contribution < -0.4 is 14.5 Å². The van der Waals surface area contributed by atoms with Crippen LogP contribution in [0.25, 0.3) is 11.0 Å². The number of benzene rings is 2. The molecule has 0 saturated carbocycles. The van der Waals surface area contributed by atoms with Crippen LogP contribution in [0.2, 0.25) is 0 Å². The van der Waals surface area contributed by atoms with Gasteiger partial charge in [0.15, 0.2) is 0 Å². The summed E-state index contributed by atoms with van der Waals surface area (Å²) in [6, 6.07) is 15.6. The molecule has 1 atom stereocenters. The van der Waals surface area contributed by atoms with Gasteiger partial charge in [-0.05, 0) is 29.5 Å². The first kappa shape index (κ1) is 18.5. The summed E-state index contributed by atoms with van der Waals surface area (Å²) >= 11 is 0. The van der Waals surface area contributed by atoms with Gasteiger partial charge in [0.05, 0.1) is 12.8 Å². The second-order valence-corrected chi connectivity index (χ2v) is 6.86. The molecule has 1 aromatic heterocycles. The summed E-state index contributed by atoms with van der Waals surface area (Å²) in [5.41, 5.74) is 2.68. The molecule has 1 aliphatic rings. The van der Waals surface area contributed by atoms with E-state index >= 15 is 0 Å². The smallest absolute Gasteiger partial charge is 0.144 e. The fraction of sp³-hybridized carbons (Fsp3) is 0.400. The molecule has 8 nitrogen and oxygen atoms in total. The van der Waals surface area contributed by atoms with Crippen molar-refractivity contribution in [1.82, 2.24) is 20.1 Å². The van der Waals surface area contributed by atoms with Gasteiger partial charge in [0, 0.05) is 32.7 Å². The maximum Gasteiger partial charge on any atom is 0.144 e. The zero-order valence-corrected chi connectivity index (χ0v) is 15.9. The molecule has 0 spiro atoms. The van der Waals surface area contributed by atoms with E-state index < -0.39 is 6.10 Å². The van der Waals surface area contributed by atoms with E-state index in [4.69, 9.17) is 9.57 Å². The van der Waals surface area contributed by atoms with Crippen molar-refractivity contribution in [2.45, 2.75) is 6.10 Å². The van der Waals surface area contributed by atoms with Gasteiger partial charge in [0.2, 0.25) is 0 Å². The summed E-state index contributed by atoms with van der Waals surface area (Å²) in [4.78, 5) is 11.6. The number of fused-ring (bicyclic) bond motifs is 1. The van der Waals surface area contributed by atoms with Crippen LogP contribution in [-0.2, 0) is 0 Å². The van der Waals surface area contributed by atoms with E-state index in [0.29, 0.717) is 6.54 Å². The highest BCUT2D eigenvalue weighted by molar-refractivity contribution is 5.73. The molecule has 3 aromatic rings. The number of anilines is 1. The van der Waals surface area contributed by atoms with Gasteiger partial charge in [-0.2, -0.15) is 0 Å². The summed E-state index contributed by atoms with van der Waals surface area (Å²) < 4.78 is 5.46. The van der Waals surface area contributed by atoms with Crippen molar-refractivity contribution in [2.24, 2.45) is 0 Å². The molecular formula is C20H25N5O3. The van der Waals surface area contributed by atoms with Crippen LogP contribution >= 0.6 is 0 Å². The normalized spacial score (nSPS) is 16.3. The van der Waals surface area contributed by atoms with Crippen LogP contribution in [0.1, 0.15) is 0 Å². The van der Waals surface area contributed by atoms with E-state index in [-0.39, 0.29) is 6.61 Å². The Morgan fingerprint density at radius 3 is 2.61 bits per heavy atom. The highest BCUT2D eigenvalue weighted by atomic mass is 16.7. The van der Waals surface area contributed by atoms with Crippen molar-refractivity contribution in [1.29, 1.82) is 0 Å². The largest absolute Gasteiger partial charge is 0.495 e. The van der Waals surface area contributed by atoms with E-state index in [2.05, 4.69) is 26.2 Å². The predicted octanol–water partition coefficient (Wildman–Crippen LogP) is 1.05. The Morgan fingerprint density at radius 2 is 1.79 bits per heavy atom. The average molecular weight is 383 g/mol. The average Bonchev–Trinajstić information content (AvgIpc) is 3.16. The minimum atomic E-state index is -0.597. The first-order valence-electron chi connectivity index (χ1n) is 9.46. The lowest BCUT2D eigenvalue weighted by molar-refractivity contribution is -0.00128. The Balaban J connectivity index is 1.26. The van der Waals surface area contributed by atoms with E-state index in [1.165, 1.54) is 4.85 Å². The molecule has 0 amide bonds. The molecular weight excluding hydrogens is 358 g/mol. The van der Waals surface area contributed by atoms with Gasteiger partial charge in [-0.1, -0.05) is 29.1 Å². The maximum atomic E-state index is 10.4. The Morgan fingerprint density at radius 1 is 1.04 bits per heavy atom. The van der Waals surface area contributed by atoms with E-state index in [9.17, 15) is 5.11 Å². The Kier molecular flexibility index (Phi) is 5.59. The second kappa shape index (κ2) is 8.45. The van der Waals surface area contributed by atoms with Gasteiger partial charge in [-0.15, -0.1) is 5.10 Å². The third-order valence-corrected chi connectivity index (χ3v) is 4.98. The lowest BCUT2D eigenvalue weighted by Crippen LogP contribution is -2.49. The van der Waals surface area contributed by atoms with Crippen LogP contribution in [0, 0.1) is 0 Å². The Labute approximate surface area is 163 Å². The van der Waals surface area contributed by atoms with Crippen LogP contribution in [0.15, 0.2) is 48.5 Å². The molecule has 28 heavy (non-hydrogen) atoms. The van der Waals surface area contributed by atoms with Crippen LogP contribution in [0.5, 0.6) is 5.75 Å². The zero-order chi connectivity index (χ0) is 19.3. The van der Waals surface area contributed by atoms with Gasteiger partial charge in [0.1, 0.15) is 29.5 Å². The number of nitrogens with zero attached hydrogens (tertiary/aromatic N) is 5. The first-order chi connectivity index (χ1) is 13.7. The lowest BCUT2D eigenvalue weighted by Gasteiger charge is -2.37. The first-order valence-corrected chi connectivity index (χ1v) is 9.46. The number of aliphatic hydroxyl groups excluding tert-OH is 1. The molecule has 1 N–H and O–H groups in total.